The van der Waals surface area contributed by atoms with Crippen LogP contribution >= 0.6 is 0 Å². The number of nitrogens with two attached hydrogens (primary N) is 1. The van der Waals surface area contributed by atoms with Crippen molar-refractivity contribution in [3.8, 4) is 0 Å². The first kappa shape index (κ1) is 18.5. The van der Waals surface area contributed by atoms with Crippen molar-refractivity contribution in [3.63, 3.8) is 0 Å². The first-order valence-electron chi connectivity index (χ1n) is 4.51. The molecule has 0 aliphatic carbocycles. The molecule has 0 unspecified atom stereocenters. The molecule has 0 bridgehead atoms. The van der Waals surface area contributed by atoms with Crippen molar-refractivity contribution in [2.24, 2.45) is 5.73 Å². The molecule has 0 saturated carbocycles. The molecule has 0 radical (unpaired) electrons. The van der Waals surface area contributed by atoms with Gasteiger partial charge >= 0.3 is 18.1 Å². The molecule has 0 rings (SSSR count). The van der Waals surface area contributed by atoms with Crippen LogP contribution in [0, 0.1) is 0 Å². The fourth-order valence-corrected chi connectivity index (χ4v) is 0.551. The molecule has 0 aliphatic heterocycles. The lowest BCUT2D eigenvalue weighted by atomic mass is 10.1. The van der Waals surface area contributed by atoms with Crippen LogP contribution in [0.1, 0.15) is 12.8 Å². The minimum Gasteiger partial charge on any atom is -0.480 e. The van der Waals surface area contributed by atoms with Crippen molar-refractivity contribution in [2.45, 2.75) is 25.1 Å². The summed E-state index contributed by atoms with van der Waals surface area (Å²) in [7, 11) is 0. The topological polar surface area (TPSA) is 118 Å². The summed E-state index contributed by atoms with van der Waals surface area (Å²) in [6.07, 6.45) is -0.636. The molecule has 9 heteroatoms. The Kier molecular flexibility index (Phi) is 9.40. The van der Waals surface area contributed by atoms with E-state index >= 15 is 0 Å². The van der Waals surface area contributed by atoms with Gasteiger partial charge in [-0.1, -0.05) is 6.08 Å². The largest absolute Gasteiger partial charge is 0.490 e. The van der Waals surface area contributed by atoms with Crippen molar-refractivity contribution in [2.75, 3.05) is 0 Å². The lowest BCUT2D eigenvalue weighted by molar-refractivity contribution is -0.192. The highest BCUT2D eigenvalue weighted by Crippen LogP contribution is 2.13. The molecular weight excluding hydrogens is 259 g/mol. The second-order valence-corrected chi connectivity index (χ2v) is 2.89. The molecule has 0 fully saturated rings. The lowest BCUT2D eigenvalue weighted by Crippen LogP contribution is -2.29. The van der Waals surface area contributed by atoms with E-state index in [9.17, 15) is 22.8 Å². The Hall–Kier alpha value is -1.90. The van der Waals surface area contributed by atoms with Crippen molar-refractivity contribution in [1.29, 1.82) is 0 Å². The van der Waals surface area contributed by atoms with E-state index in [4.69, 9.17) is 20.7 Å². The van der Waals surface area contributed by atoms with Crippen LogP contribution < -0.4 is 5.73 Å². The zero-order valence-electron chi connectivity index (χ0n) is 9.05. The molecule has 0 spiro atoms. The summed E-state index contributed by atoms with van der Waals surface area (Å²) >= 11 is 0. The van der Waals surface area contributed by atoms with Gasteiger partial charge in [-0.15, -0.1) is 0 Å². The molecule has 0 aromatic rings. The van der Waals surface area contributed by atoms with Crippen LogP contribution in [0.5, 0.6) is 0 Å². The third kappa shape index (κ3) is 12.2. The van der Waals surface area contributed by atoms with Crippen molar-refractivity contribution >= 4 is 18.2 Å². The Morgan fingerprint density at radius 1 is 1.28 bits per heavy atom. The van der Waals surface area contributed by atoms with E-state index in [0.29, 0.717) is 19.1 Å². The van der Waals surface area contributed by atoms with Crippen molar-refractivity contribution < 1.29 is 37.8 Å². The number of aldehydes is 1. The van der Waals surface area contributed by atoms with Gasteiger partial charge in [0.15, 0.2) is 0 Å². The van der Waals surface area contributed by atoms with Gasteiger partial charge in [0.1, 0.15) is 12.3 Å². The highest BCUT2D eigenvalue weighted by Gasteiger charge is 2.38. The van der Waals surface area contributed by atoms with E-state index in [1.165, 1.54) is 6.08 Å². The van der Waals surface area contributed by atoms with Crippen LogP contribution in [-0.4, -0.2) is 40.7 Å². The zero-order chi connectivity index (χ0) is 14.8. The first-order chi connectivity index (χ1) is 8.12. The van der Waals surface area contributed by atoms with Crippen molar-refractivity contribution in [3.05, 3.63) is 12.2 Å². The smallest absolute Gasteiger partial charge is 0.480 e. The summed E-state index contributed by atoms with van der Waals surface area (Å²) in [6.45, 7) is 0. The minimum absolute atomic E-state index is 0.361. The number of rotatable bonds is 5. The summed E-state index contributed by atoms with van der Waals surface area (Å²) in [4.78, 5) is 28.8. The number of carbonyl (C=O) groups excluding carboxylic acids is 1. The fourth-order valence-electron chi connectivity index (χ4n) is 0.551. The Morgan fingerprint density at radius 3 is 2.00 bits per heavy atom. The van der Waals surface area contributed by atoms with Crippen LogP contribution in [0.15, 0.2) is 12.2 Å². The van der Waals surface area contributed by atoms with E-state index < -0.39 is 24.2 Å². The summed E-state index contributed by atoms with van der Waals surface area (Å²) in [5, 5.41) is 15.4. The van der Waals surface area contributed by atoms with Crippen molar-refractivity contribution in [1.82, 2.24) is 0 Å². The molecule has 0 aliphatic rings. The van der Waals surface area contributed by atoms with E-state index in [1.54, 1.807) is 6.08 Å². The quantitative estimate of drug-likeness (QED) is 0.497. The molecule has 0 aromatic heterocycles. The summed E-state index contributed by atoms with van der Waals surface area (Å²) in [5.74, 6) is -3.77. The molecule has 0 heterocycles. The third-order valence-electron chi connectivity index (χ3n) is 1.42. The van der Waals surface area contributed by atoms with Crippen LogP contribution in [0.4, 0.5) is 13.2 Å². The molecule has 18 heavy (non-hydrogen) atoms. The normalized spacial score (nSPS) is 12.4. The molecule has 0 amide bonds. The molecule has 1 atom stereocenters. The standard InChI is InChI=1S/C7H11NO3.C2HF3O2/c8-6(7(10)11)4-2-1-3-5-9;3-2(4,5)1(6)7/h1,3,5-6H,2,4,8H2,(H,10,11);(H,6,7)/b3-1+;/t6-;/m0./s1. The molecule has 0 saturated heterocycles. The molecule has 6 nitrogen and oxygen atoms in total. The van der Waals surface area contributed by atoms with Gasteiger partial charge in [0.2, 0.25) is 0 Å². The Labute approximate surface area is 99.9 Å². The molecule has 0 aromatic carbocycles. The molecule has 4 N–H and O–H groups in total. The van der Waals surface area contributed by atoms with E-state index in [0.717, 1.165) is 0 Å². The Bertz CT molecular complexity index is 314. The number of allylic oxidation sites excluding steroid dienone is 2. The molecule has 104 valence electrons. The lowest BCUT2D eigenvalue weighted by Gasteiger charge is -2.01. The number of aliphatic carboxylic acids is 2. The predicted molar refractivity (Wildman–Crippen MR) is 53.7 cm³/mol. The summed E-state index contributed by atoms with van der Waals surface area (Å²) in [5.41, 5.74) is 5.18. The van der Waals surface area contributed by atoms with E-state index in [-0.39, 0.29) is 0 Å². The number of carboxylic acids is 2. The summed E-state index contributed by atoms with van der Waals surface area (Å²) < 4.78 is 31.7. The van der Waals surface area contributed by atoms with Crippen LogP contribution in [-0.2, 0) is 14.4 Å². The SMILES string of the molecule is N[C@@H](CC/C=C/C=O)C(=O)O.O=C(O)C(F)(F)F. The number of hydrogen-bond acceptors (Lipinski definition) is 4. The average Bonchev–Trinajstić information content (AvgIpc) is 2.23. The summed E-state index contributed by atoms with van der Waals surface area (Å²) in [6, 6.07) is -0.827. The van der Waals surface area contributed by atoms with E-state index in [1.807, 2.05) is 0 Å². The van der Waals surface area contributed by atoms with Gasteiger partial charge in [0.25, 0.3) is 0 Å². The Balaban J connectivity index is 0. The highest BCUT2D eigenvalue weighted by atomic mass is 19.4. The number of halogens is 3. The maximum absolute atomic E-state index is 10.6. The molecular formula is C9H12F3NO5. The zero-order valence-corrected chi connectivity index (χ0v) is 9.05. The number of alkyl halides is 3. The van der Waals surface area contributed by atoms with Gasteiger partial charge < -0.3 is 15.9 Å². The van der Waals surface area contributed by atoms with Crippen LogP contribution in [0.2, 0.25) is 0 Å². The predicted octanol–water partition coefficient (Wildman–Crippen LogP) is 0.567. The van der Waals surface area contributed by atoms with Gasteiger partial charge in [-0.05, 0) is 18.9 Å². The second-order valence-electron chi connectivity index (χ2n) is 2.89. The fraction of sp³-hybridized carbons (Fsp3) is 0.444. The van der Waals surface area contributed by atoms with Gasteiger partial charge in [-0.2, -0.15) is 13.2 Å². The van der Waals surface area contributed by atoms with Gasteiger partial charge in [0.05, 0.1) is 0 Å². The third-order valence-corrected chi connectivity index (χ3v) is 1.42. The number of carboxylic acid groups (broad SMARTS) is 2. The average molecular weight is 271 g/mol. The maximum Gasteiger partial charge on any atom is 0.490 e. The van der Waals surface area contributed by atoms with Crippen LogP contribution in [0.3, 0.4) is 0 Å². The van der Waals surface area contributed by atoms with E-state index in [2.05, 4.69) is 0 Å². The van der Waals surface area contributed by atoms with Gasteiger partial charge in [0, 0.05) is 0 Å². The monoisotopic (exact) mass is 271 g/mol. The number of hydrogen-bond donors (Lipinski definition) is 3. The number of carbonyl (C=O) groups is 3. The second kappa shape index (κ2) is 9.16. The Morgan fingerprint density at radius 2 is 1.72 bits per heavy atom. The minimum atomic E-state index is -5.08. The first-order valence-corrected chi connectivity index (χ1v) is 4.51. The highest BCUT2D eigenvalue weighted by molar-refractivity contribution is 5.73. The van der Waals surface area contributed by atoms with Gasteiger partial charge in [-0.25, -0.2) is 4.79 Å². The maximum atomic E-state index is 10.6. The van der Waals surface area contributed by atoms with Crippen LogP contribution in [0.25, 0.3) is 0 Å². The van der Waals surface area contributed by atoms with Gasteiger partial charge in [-0.3, -0.25) is 9.59 Å².